The van der Waals surface area contributed by atoms with Crippen LogP contribution in [0.1, 0.15) is 18.4 Å². The summed E-state index contributed by atoms with van der Waals surface area (Å²) < 4.78 is 0.867. The van der Waals surface area contributed by atoms with E-state index in [1.165, 1.54) is 0 Å². The van der Waals surface area contributed by atoms with E-state index >= 15 is 0 Å². The molecular weight excluding hydrogens is 274 g/mol. The van der Waals surface area contributed by atoms with Gasteiger partial charge in [0.05, 0.1) is 6.42 Å². The van der Waals surface area contributed by atoms with E-state index in [0.717, 1.165) is 10.0 Å². The van der Waals surface area contributed by atoms with Gasteiger partial charge in [-0.15, -0.1) is 0 Å². The van der Waals surface area contributed by atoms with Gasteiger partial charge in [0.15, 0.2) is 0 Å². The lowest BCUT2D eigenvalue weighted by molar-refractivity contribution is -0.138. The Balaban J connectivity index is 2.62. The number of aliphatic carboxylic acids is 1. The van der Waals surface area contributed by atoms with Crippen molar-refractivity contribution in [2.24, 2.45) is 0 Å². The SMILES string of the molecule is Cc1ccc(Br)cc1NC(=O)CCC(=O)O. The molecule has 86 valence electrons. The van der Waals surface area contributed by atoms with Crippen molar-refractivity contribution >= 4 is 33.5 Å². The molecule has 0 aliphatic rings. The summed E-state index contributed by atoms with van der Waals surface area (Å²) in [5.41, 5.74) is 1.64. The molecule has 0 atom stereocenters. The van der Waals surface area contributed by atoms with Crippen molar-refractivity contribution in [3.8, 4) is 0 Å². The van der Waals surface area contributed by atoms with Gasteiger partial charge in [0.1, 0.15) is 0 Å². The van der Waals surface area contributed by atoms with E-state index < -0.39 is 5.97 Å². The average Bonchev–Trinajstić information content (AvgIpc) is 2.20. The highest BCUT2D eigenvalue weighted by Crippen LogP contribution is 2.20. The maximum atomic E-state index is 11.4. The average molecular weight is 286 g/mol. The minimum Gasteiger partial charge on any atom is -0.481 e. The van der Waals surface area contributed by atoms with E-state index in [9.17, 15) is 9.59 Å². The quantitative estimate of drug-likeness (QED) is 0.894. The van der Waals surface area contributed by atoms with Crippen molar-refractivity contribution in [2.45, 2.75) is 19.8 Å². The first-order valence-electron chi connectivity index (χ1n) is 4.77. The first kappa shape index (κ1) is 12.7. The topological polar surface area (TPSA) is 66.4 Å². The summed E-state index contributed by atoms with van der Waals surface area (Å²) in [6, 6.07) is 5.53. The number of halogens is 1. The predicted octanol–water partition coefficient (Wildman–Crippen LogP) is 2.56. The van der Waals surface area contributed by atoms with Gasteiger partial charge >= 0.3 is 5.97 Å². The Bertz CT molecular complexity index is 418. The van der Waals surface area contributed by atoms with Crippen LogP contribution < -0.4 is 5.32 Å². The summed E-state index contributed by atoms with van der Waals surface area (Å²) in [7, 11) is 0. The van der Waals surface area contributed by atoms with Crippen molar-refractivity contribution in [3.63, 3.8) is 0 Å². The van der Waals surface area contributed by atoms with Crippen molar-refractivity contribution < 1.29 is 14.7 Å². The van der Waals surface area contributed by atoms with Crippen LogP contribution in [0.25, 0.3) is 0 Å². The maximum Gasteiger partial charge on any atom is 0.303 e. The largest absolute Gasteiger partial charge is 0.481 e. The molecule has 1 aromatic carbocycles. The number of nitrogens with one attached hydrogen (secondary N) is 1. The number of hydrogen-bond donors (Lipinski definition) is 2. The van der Waals surface area contributed by atoms with Gasteiger partial charge < -0.3 is 10.4 Å². The van der Waals surface area contributed by atoms with E-state index in [0.29, 0.717) is 5.69 Å². The Kier molecular flexibility index (Phi) is 4.49. The fourth-order valence-electron chi connectivity index (χ4n) is 1.16. The van der Waals surface area contributed by atoms with Gasteiger partial charge in [-0.05, 0) is 24.6 Å². The van der Waals surface area contributed by atoms with Crippen molar-refractivity contribution in [2.75, 3.05) is 5.32 Å². The van der Waals surface area contributed by atoms with Crippen LogP contribution in [0.15, 0.2) is 22.7 Å². The summed E-state index contributed by atoms with van der Waals surface area (Å²) in [5.74, 6) is -1.26. The number of benzene rings is 1. The number of carbonyl (C=O) groups is 2. The number of anilines is 1. The number of rotatable bonds is 4. The molecule has 16 heavy (non-hydrogen) atoms. The molecule has 0 saturated heterocycles. The normalized spacial score (nSPS) is 9.88. The monoisotopic (exact) mass is 285 g/mol. The number of carboxylic acid groups (broad SMARTS) is 1. The van der Waals surface area contributed by atoms with Crippen LogP contribution in [0, 0.1) is 6.92 Å². The van der Waals surface area contributed by atoms with Crippen LogP contribution in [-0.4, -0.2) is 17.0 Å². The molecular formula is C11H12BrNO3. The van der Waals surface area contributed by atoms with Crippen molar-refractivity contribution in [3.05, 3.63) is 28.2 Å². The molecule has 0 spiro atoms. The first-order chi connectivity index (χ1) is 7.49. The minimum atomic E-state index is -0.971. The van der Waals surface area contributed by atoms with E-state index in [-0.39, 0.29) is 18.7 Å². The van der Waals surface area contributed by atoms with Crippen LogP contribution >= 0.6 is 15.9 Å². The third-order valence-corrected chi connectivity index (χ3v) is 2.53. The summed E-state index contributed by atoms with van der Waals surface area (Å²) >= 11 is 3.30. The second kappa shape index (κ2) is 5.65. The zero-order valence-electron chi connectivity index (χ0n) is 8.79. The van der Waals surface area contributed by atoms with Gasteiger partial charge in [-0.2, -0.15) is 0 Å². The Labute approximate surface area is 102 Å². The summed E-state index contributed by atoms with van der Waals surface area (Å²) in [4.78, 5) is 21.7. The Morgan fingerprint density at radius 2 is 2.06 bits per heavy atom. The van der Waals surface area contributed by atoms with Crippen LogP contribution in [0.2, 0.25) is 0 Å². The number of aryl methyl sites for hydroxylation is 1. The lowest BCUT2D eigenvalue weighted by Crippen LogP contribution is -2.13. The smallest absolute Gasteiger partial charge is 0.303 e. The molecule has 1 rings (SSSR count). The summed E-state index contributed by atoms with van der Waals surface area (Å²) in [6.45, 7) is 1.87. The number of amides is 1. The molecule has 0 unspecified atom stereocenters. The first-order valence-corrected chi connectivity index (χ1v) is 5.56. The summed E-state index contributed by atoms with van der Waals surface area (Å²) in [6.07, 6.45) is -0.166. The van der Waals surface area contributed by atoms with Gasteiger partial charge in [0.2, 0.25) is 5.91 Å². The van der Waals surface area contributed by atoms with Crippen LogP contribution in [-0.2, 0) is 9.59 Å². The highest BCUT2D eigenvalue weighted by atomic mass is 79.9. The Morgan fingerprint density at radius 1 is 1.38 bits per heavy atom. The zero-order valence-corrected chi connectivity index (χ0v) is 10.4. The Morgan fingerprint density at radius 3 is 2.69 bits per heavy atom. The molecule has 5 heteroatoms. The van der Waals surface area contributed by atoms with Crippen LogP contribution in [0.3, 0.4) is 0 Å². The van der Waals surface area contributed by atoms with Gasteiger partial charge in [-0.3, -0.25) is 9.59 Å². The number of hydrogen-bond acceptors (Lipinski definition) is 2. The van der Waals surface area contributed by atoms with E-state index in [1.807, 2.05) is 19.1 Å². The molecule has 0 heterocycles. The fourth-order valence-corrected chi connectivity index (χ4v) is 1.52. The van der Waals surface area contributed by atoms with Crippen molar-refractivity contribution in [1.82, 2.24) is 0 Å². The van der Waals surface area contributed by atoms with Crippen LogP contribution in [0.4, 0.5) is 5.69 Å². The highest BCUT2D eigenvalue weighted by Gasteiger charge is 2.07. The van der Waals surface area contributed by atoms with Crippen molar-refractivity contribution in [1.29, 1.82) is 0 Å². The molecule has 2 N–H and O–H groups in total. The molecule has 1 amide bonds. The molecule has 0 aliphatic carbocycles. The van der Waals surface area contributed by atoms with Crippen LogP contribution in [0.5, 0.6) is 0 Å². The number of carbonyl (C=O) groups excluding carboxylic acids is 1. The Hall–Kier alpha value is -1.36. The van der Waals surface area contributed by atoms with E-state index in [4.69, 9.17) is 5.11 Å². The fraction of sp³-hybridized carbons (Fsp3) is 0.273. The predicted molar refractivity (Wildman–Crippen MR) is 64.4 cm³/mol. The second-order valence-corrected chi connectivity index (χ2v) is 4.32. The molecule has 4 nitrogen and oxygen atoms in total. The molecule has 1 aromatic rings. The molecule has 0 radical (unpaired) electrons. The summed E-state index contributed by atoms with van der Waals surface area (Å²) in [5, 5.41) is 11.1. The van der Waals surface area contributed by atoms with Gasteiger partial charge in [-0.1, -0.05) is 22.0 Å². The third kappa shape index (κ3) is 4.02. The molecule has 0 aromatic heterocycles. The second-order valence-electron chi connectivity index (χ2n) is 3.40. The highest BCUT2D eigenvalue weighted by molar-refractivity contribution is 9.10. The maximum absolute atomic E-state index is 11.4. The third-order valence-electron chi connectivity index (χ3n) is 2.04. The lowest BCUT2D eigenvalue weighted by Gasteiger charge is -2.08. The molecule has 0 saturated carbocycles. The minimum absolute atomic E-state index is 0.0126. The zero-order chi connectivity index (χ0) is 12.1. The molecule has 0 aliphatic heterocycles. The molecule has 0 bridgehead atoms. The lowest BCUT2D eigenvalue weighted by atomic mass is 10.2. The standard InChI is InChI=1S/C11H12BrNO3/c1-7-2-3-8(12)6-9(7)13-10(14)4-5-11(15)16/h2-3,6H,4-5H2,1H3,(H,13,14)(H,15,16). The van der Waals surface area contributed by atoms with Gasteiger partial charge in [0, 0.05) is 16.6 Å². The number of carboxylic acids is 1. The van der Waals surface area contributed by atoms with E-state index in [1.54, 1.807) is 6.07 Å². The van der Waals surface area contributed by atoms with Gasteiger partial charge in [0.25, 0.3) is 0 Å². The molecule has 0 fully saturated rings. The van der Waals surface area contributed by atoms with Gasteiger partial charge in [-0.25, -0.2) is 0 Å². The van der Waals surface area contributed by atoms with E-state index in [2.05, 4.69) is 21.2 Å².